The number of nitrogens with zero attached hydrogens (tertiary/aromatic N) is 3. The normalized spacial score (nSPS) is 18.2. The zero-order valence-electron chi connectivity index (χ0n) is 30.8. The first-order chi connectivity index (χ1) is 25.7. The van der Waals surface area contributed by atoms with E-state index >= 15 is 4.39 Å². The van der Waals surface area contributed by atoms with Crippen molar-refractivity contribution in [3.8, 4) is 11.1 Å². The summed E-state index contributed by atoms with van der Waals surface area (Å²) in [5, 5.41) is 15.8. The SMILES string of the molecule is CC(C)(C)[C@H](c1cc(-c2cc(F)ccc2F)cn1Cc1ccccc1)N(CC[C@H](N)C(=O)NC1CCC(C(=O)NCCN2C(=O)C=CC2=O)C1)C(=O)CO. The predicted molar refractivity (Wildman–Crippen MR) is 197 cm³/mol. The Morgan fingerprint density at radius 1 is 1.02 bits per heavy atom. The molecule has 14 heteroatoms. The van der Waals surface area contributed by atoms with Crippen LogP contribution in [0.5, 0.6) is 0 Å². The standard InChI is InChI=1S/C40H48F2N6O6/c1-40(2,3)37(33-20-27(30-21-28(41)10-12-31(30)42)23-46(33)22-25-7-5-4-6-8-25)48(36(52)24-49)17-15-32(43)39(54)45-29-11-9-26(19-29)38(53)44-16-18-47-34(50)13-14-35(47)51/h4-8,10,12-14,20-21,23,26,29,32,37,49H,9,11,15-19,22,24,43H2,1-3H3,(H,44,53)(H,45,54)/t26?,29?,32-,37-/m0/s1. The number of halogens is 2. The molecule has 54 heavy (non-hydrogen) atoms. The average Bonchev–Trinajstić information content (AvgIpc) is 3.86. The Hall–Kier alpha value is -5.21. The maximum Gasteiger partial charge on any atom is 0.253 e. The summed E-state index contributed by atoms with van der Waals surface area (Å²) in [6.45, 7) is 5.54. The lowest BCUT2D eigenvalue weighted by Crippen LogP contribution is -2.49. The third kappa shape index (κ3) is 9.66. The predicted octanol–water partition coefficient (Wildman–Crippen LogP) is 3.43. The molecule has 1 aliphatic heterocycles. The van der Waals surface area contributed by atoms with Crippen LogP contribution in [-0.4, -0.2) is 87.3 Å². The van der Waals surface area contributed by atoms with Gasteiger partial charge >= 0.3 is 0 Å². The number of hydrogen-bond donors (Lipinski definition) is 4. The zero-order chi connectivity index (χ0) is 39.2. The first kappa shape index (κ1) is 40.0. The van der Waals surface area contributed by atoms with Crippen LogP contribution in [0, 0.1) is 23.0 Å². The number of aromatic nitrogens is 1. The summed E-state index contributed by atoms with van der Waals surface area (Å²) in [6, 6.07) is 12.5. The maximum absolute atomic E-state index is 15.0. The summed E-state index contributed by atoms with van der Waals surface area (Å²) in [7, 11) is 0. The number of nitrogens with one attached hydrogen (secondary N) is 2. The Balaban J connectivity index is 1.28. The second-order valence-electron chi connectivity index (χ2n) is 15.0. The number of imide groups is 1. The molecule has 288 valence electrons. The van der Waals surface area contributed by atoms with Crippen LogP contribution in [0.3, 0.4) is 0 Å². The minimum Gasteiger partial charge on any atom is -0.387 e. The smallest absolute Gasteiger partial charge is 0.253 e. The van der Waals surface area contributed by atoms with E-state index in [1.807, 2.05) is 55.7 Å². The lowest BCUT2D eigenvalue weighted by atomic mass is 9.82. The van der Waals surface area contributed by atoms with E-state index in [1.165, 1.54) is 17.1 Å². The van der Waals surface area contributed by atoms with Crippen molar-refractivity contribution in [2.75, 3.05) is 26.2 Å². The van der Waals surface area contributed by atoms with Gasteiger partial charge in [0.2, 0.25) is 17.7 Å². The van der Waals surface area contributed by atoms with Crippen LogP contribution >= 0.6 is 0 Å². The van der Waals surface area contributed by atoms with E-state index < -0.39 is 59.4 Å². The lowest BCUT2D eigenvalue weighted by molar-refractivity contribution is -0.140. The third-order valence-electron chi connectivity index (χ3n) is 9.94. The molecule has 1 saturated carbocycles. The summed E-state index contributed by atoms with van der Waals surface area (Å²) >= 11 is 0. The Kier molecular flexibility index (Phi) is 12.8. The molecule has 4 atom stereocenters. The Bertz CT molecular complexity index is 1870. The molecule has 0 spiro atoms. The van der Waals surface area contributed by atoms with Crippen molar-refractivity contribution >= 4 is 29.5 Å². The van der Waals surface area contributed by atoms with Crippen LogP contribution in [0.15, 0.2) is 72.9 Å². The second kappa shape index (κ2) is 17.3. The highest BCUT2D eigenvalue weighted by molar-refractivity contribution is 6.12. The molecule has 3 aromatic rings. The van der Waals surface area contributed by atoms with Gasteiger partial charge in [-0.1, -0.05) is 51.1 Å². The van der Waals surface area contributed by atoms with Crippen molar-refractivity contribution < 1.29 is 37.9 Å². The van der Waals surface area contributed by atoms with Crippen molar-refractivity contribution in [3.63, 3.8) is 0 Å². The quantitative estimate of drug-likeness (QED) is 0.173. The Labute approximate surface area is 313 Å². The number of hydrogen-bond acceptors (Lipinski definition) is 7. The molecular weight excluding hydrogens is 698 g/mol. The fourth-order valence-corrected chi connectivity index (χ4v) is 7.26. The molecular formula is C40H48F2N6O6. The van der Waals surface area contributed by atoms with Crippen LogP contribution in [0.1, 0.15) is 63.8 Å². The second-order valence-corrected chi connectivity index (χ2v) is 15.0. The van der Waals surface area contributed by atoms with Gasteiger partial charge in [-0.2, -0.15) is 0 Å². The van der Waals surface area contributed by atoms with E-state index in [0.717, 1.165) is 28.7 Å². The fourth-order valence-electron chi connectivity index (χ4n) is 7.26. The minimum absolute atomic E-state index is 0.00331. The zero-order valence-corrected chi connectivity index (χ0v) is 30.8. The molecule has 5 amide bonds. The maximum atomic E-state index is 15.0. The Morgan fingerprint density at radius 3 is 2.39 bits per heavy atom. The lowest BCUT2D eigenvalue weighted by Gasteiger charge is -2.41. The largest absolute Gasteiger partial charge is 0.387 e. The van der Waals surface area contributed by atoms with Gasteiger partial charge in [-0.3, -0.25) is 28.9 Å². The molecule has 1 aromatic heterocycles. The number of rotatable bonds is 15. The van der Waals surface area contributed by atoms with Crippen molar-refractivity contribution in [1.29, 1.82) is 0 Å². The van der Waals surface area contributed by atoms with Crippen LogP contribution in [0.2, 0.25) is 0 Å². The van der Waals surface area contributed by atoms with E-state index in [-0.39, 0.29) is 49.5 Å². The number of amides is 5. The van der Waals surface area contributed by atoms with E-state index in [0.29, 0.717) is 37.1 Å². The molecule has 12 nitrogen and oxygen atoms in total. The van der Waals surface area contributed by atoms with Crippen LogP contribution in [0.25, 0.3) is 11.1 Å². The van der Waals surface area contributed by atoms with Crippen LogP contribution in [0.4, 0.5) is 8.78 Å². The highest BCUT2D eigenvalue weighted by Crippen LogP contribution is 2.41. The molecule has 1 aliphatic carbocycles. The number of nitrogens with two attached hydrogens (primary N) is 1. The molecule has 2 unspecified atom stereocenters. The fraction of sp³-hybridized carbons (Fsp3) is 0.425. The highest BCUT2D eigenvalue weighted by atomic mass is 19.1. The highest BCUT2D eigenvalue weighted by Gasteiger charge is 2.38. The number of aliphatic hydroxyl groups is 1. The van der Waals surface area contributed by atoms with E-state index in [4.69, 9.17) is 5.73 Å². The number of benzene rings is 2. The topological polar surface area (TPSA) is 167 Å². The van der Waals surface area contributed by atoms with Crippen LogP contribution in [-0.2, 0) is 30.5 Å². The van der Waals surface area contributed by atoms with Crippen molar-refractivity contribution in [1.82, 2.24) is 25.0 Å². The van der Waals surface area contributed by atoms with Gasteiger partial charge in [0, 0.05) is 73.3 Å². The van der Waals surface area contributed by atoms with E-state index in [1.54, 1.807) is 12.3 Å². The molecule has 5 rings (SSSR count). The molecule has 2 aliphatic rings. The average molecular weight is 747 g/mol. The molecule has 0 radical (unpaired) electrons. The molecule has 2 heterocycles. The van der Waals surface area contributed by atoms with Gasteiger partial charge in [0.1, 0.15) is 18.2 Å². The van der Waals surface area contributed by atoms with Crippen LogP contribution < -0.4 is 16.4 Å². The summed E-state index contributed by atoms with van der Waals surface area (Å²) < 4.78 is 31.3. The number of carbonyl (C=O) groups excluding carboxylic acids is 5. The first-order valence-electron chi connectivity index (χ1n) is 18.1. The van der Waals surface area contributed by atoms with Crippen molar-refractivity contribution in [3.05, 3.63) is 95.8 Å². The minimum atomic E-state index is -1.02. The van der Waals surface area contributed by atoms with Gasteiger partial charge in [-0.05, 0) is 60.9 Å². The summed E-state index contributed by atoms with van der Waals surface area (Å²) in [5.74, 6) is -3.67. The third-order valence-corrected chi connectivity index (χ3v) is 9.94. The van der Waals surface area contributed by atoms with Gasteiger partial charge in [-0.25, -0.2) is 8.78 Å². The number of carbonyl (C=O) groups is 5. The number of aliphatic hydroxyl groups excluding tert-OH is 1. The van der Waals surface area contributed by atoms with Gasteiger partial charge in [-0.15, -0.1) is 0 Å². The molecule has 1 fully saturated rings. The molecule has 0 bridgehead atoms. The summed E-state index contributed by atoms with van der Waals surface area (Å²) in [4.78, 5) is 65.6. The molecule has 0 saturated heterocycles. The molecule has 2 aromatic carbocycles. The monoisotopic (exact) mass is 746 g/mol. The van der Waals surface area contributed by atoms with Gasteiger partial charge in [0.05, 0.1) is 12.1 Å². The van der Waals surface area contributed by atoms with E-state index in [2.05, 4.69) is 10.6 Å². The van der Waals surface area contributed by atoms with Gasteiger partial charge in [0.25, 0.3) is 11.8 Å². The first-order valence-corrected chi connectivity index (χ1v) is 18.1. The van der Waals surface area contributed by atoms with Gasteiger partial charge < -0.3 is 30.9 Å². The van der Waals surface area contributed by atoms with Crippen molar-refractivity contribution in [2.45, 2.75) is 71.1 Å². The molecule has 5 N–H and O–H groups in total. The summed E-state index contributed by atoms with van der Waals surface area (Å²) in [6.07, 6.45) is 5.62. The summed E-state index contributed by atoms with van der Waals surface area (Å²) in [5.41, 5.74) is 7.77. The Morgan fingerprint density at radius 2 is 1.72 bits per heavy atom. The van der Waals surface area contributed by atoms with Crippen molar-refractivity contribution in [2.24, 2.45) is 17.1 Å². The van der Waals surface area contributed by atoms with E-state index in [9.17, 15) is 33.5 Å². The van der Waals surface area contributed by atoms with Gasteiger partial charge in [0.15, 0.2) is 0 Å².